The quantitative estimate of drug-likeness (QED) is 0.341. The lowest BCUT2D eigenvalue weighted by atomic mass is 9.97. The molecule has 1 aromatic carbocycles. The van der Waals surface area contributed by atoms with Crippen LogP contribution in [-0.2, 0) is 24.3 Å². The maximum absolute atomic E-state index is 11.7. The van der Waals surface area contributed by atoms with Crippen molar-refractivity contribution in [1.29, 1.82) is 0 Å². The number of guanidine groups is 1. The molecule has 7 nitrogen and oxygen atoms in total. The van der Waals surface area contributed by atoms with Gasteiger partial charge in [0, 0.05) is 44.5 Å². The summed E-state index contributed by atoms with van der Waals surface area (Å²) in [5, 5.41) is 3.46. The number of nitrogens with one attached hydrogen (secondary N) is 1. The second-order valence-corrected chi connectivity index (χ2v) is 8.28. The summed E-state index contributed by atoms with van der Waals surface area (Å²) < 4.78 is 0. The van der Waals surface area contributed by atoms with Gasteiger partial charge in [0.2, 0.25) is 5.91 Å². The number of rotatable bonds is 5. The van der Waals surface area contributed by atoms with Crippen molar-refractivity contribution in [3.05, 3.63) is 59.3 Å². The number of carbonyl (C=O) groups is 1. The Morgan fingerprint density at radius 1 is 1.22 bits per heavy atom. The van der Waals surface area contributed by atoms with Crippen LogP contribution < -0.4 is 16.0 Å². The molecule has 0 bridgehead atoms. The Labute approximate surface area is 207 Å². The van der Waals surface area contributed by atoms with E-state index >= 15 is 0 Å². The fraction of sp³-hybridized carbons (Fsp3) is 0.458. The lowest BCUT2D eigenvalue weighted by Gasteiger charge is -2.33. The van der Waals surface area contributed by atoms with Crippen LogP contribution in [0.5, 0.6) is 0 Å². The number of primary amides is 1. The predicted octanol–water partition coefficient (Wildman–Crippen LogP) is 2.93. The van der Waals surface area contributed by atoms with Crippen LogP contribution in [-0.4, -0.2) is 47.9 Å². The van der Waals surface area contributed by atoms with Crippen LogP contribution in [0.1, 0.15) is 36.5 Å². The van der Waals surface area contributed by atoms with E-state index in [9.17, 15) is 4.79 Å². The van der Waals surface area contributed by atoms with Crippen molar-refractivity contribution in [2.75, 3.05) is 31.1 Å². The number of piperidine rings is 1. The fourth-order valence-corrected chi connectivity index (χ4v) is 4.50. The monoisotopic (exact) mass is 548 g/mol. The highest BCUT2D eigenvalue weighted by Crippen LogP contribution is 2.25. The van der Waals surface area contributed by atoms with Crippen LogP contribution in [0.3, 0.4) is 0 Å². The molecule has 0 spiro atoms. The molecule has 0 radical (unpaired) electrons. The maximum Gasteiger partial charge on any atom is 0.222 e. The predicted molar refractivity (Wildman–Crippen MR) is 139 cm³/mol. The number of anilines is 1. The number of nitrogens with two attached hydrogens (primary N) is 1. The highest BCUT2D eigenvalue weighted by molar-refractivity contribution is 14.0. The molecule has 3 heterocycles. The molecule has 2 aliphatic heterocycles. The van der Waals surface area contributed by atoms with Gasteiger partial charge in [0.05, 0.1) is 12.5 Å². The summed E-state index contributed by atoms with van der Waals surface area (Å²) >= 11 is 0. The molecule has 172 valence electrons. The molecule has 1 saturated heterocycles. The molecule has 1 aromatic heterocycles. The topological polar surface area (TPSA) is 86.9 Å². The van der Waals surface area contributed by atoms with E-state index in [0.717, 1.165) is 62.8 Å². The number of amides is 1. The van der Waals surface area contributed by atoms with Gasteiger partial charge in [0.15, 0.2) is 5.96 Å². The number of halogens is 1. The van der Waals surface area contributed by atoms with Gasteiger partial charge in [-0.2, -0.15) is 0 Å². The van der Waals surface area contributed by atoms with Gasteiger partial charge in [-0.3, -0.25) is 4.79 Å². The Kier molecular flexibility index (Phi) is 8.72. The summed E-state index contributed by atoms with van der Waals surface area (Å²) in [6, 6.07) is 12.7. The number of nitrogens with zero attached hydrogens (tertiary/aromatic N) is 4. The molecular formula is C24H33IN6O. The SMILES string of the molecule is CCNC(=NCc1cccnc1N1CCCC(C(N)=O)C1)N1CCc2ccccc2C1.I. The van der Waals surface area contributed by atoms with Gasteiger partial charge in [0.25, 0.3) is 0 Å². The van der Waals surface area contributed by atoms with E-state index in [1.165, 1.54) is 11.1 Å². The van der Waals surface area contributed by atoms with Gasteiger partial charge in [-0.15, -0.1) is 24.0 Å². The lowest BCUT2D eigenvalue weighted by Crippen LogP contribution is -2.44. The molecule has 4 rings (SSSR count). The highest BCUT2D eigenvalue weighted by Gasteiger charge is 2.26. The van der Waals surface area contributed by atoms with E-state index in [4.69, 9.17) is 10.7 Å². The Morgan fingerprint density at radius 3 is 2.81 bits per heavy atom. The average Bonchev–Trinajstić information content (AvgIpc) is 2.81. The van der Waals surface area contributed by atoms with E-state index in [0.29, 0.717) is 13.1 Å². The first-order valence-electron chi connectivity index (χ1n) is 11.2. The Balaban J connectivity index is 0.00000289. The first-order valence-corrected chi connectivity index (χ1v) is 11.2. The van der Waals surface area contributed by atoms with Crippen molar-refractivity contribution in [2.24, 2.45) is 16.6 Å². The van der Waals surface area contributed by atoms with Crippen LogP contribution in [0.2, 0.25) is 0 Å². The normalized spacial score (nSPS) is 18.5. The van der Waals surface area contributed by atoms with Crippen LogP contribution in [0.25, 0.3) is 0 Å². The van der Waals surface area contributed by atoms with Crippen LogP contribution in [0.4, 0.5) is 5.82 Å². The first kappa shape index (κ1) is 24.3. The summed E-state index contributed by atoms with van der Waals surface area (Å²) in [5.74, 6) is 1.51. The number of hydrogen-bond donors (Lipinski definition) is 2. The molecular weight excluding hydrogens is 515 g/mol. The number of carbonyl (C=O) groups excluding carboxylic acids is 1. The second-order valence-electron chi connectivity index (χ2n) is 8.28. The highest BCUT2D eigenvalue weighted by atomic mass is 127. The van der Waals surface area contributed by atoms with Gasteiger partial charge < -0.3 is 20.9 Å². The molecule has 0 saturated carbocycles. The van der Waals surface area contributed by atoms with Crippen molar-refractivity contribution in [1.82, 2.24) is 15.2 Å². The Hall–Kier alpha value is -2.36. The molecule has 2 aliphatic rings. The van der Waals surface area contributed by atoms with Crippen LogP contribution in [0.15, 0.2) is 47.6 Å². The number of aromatic nitrogens is 1. The third kappa shape index (κ3) is 5.70. The molecule has 2 aromatic rings. The summed E-state index contributed by atoms with van der Waals surface area (Å²) in [6.45, 7) is 6.81. The van der Waals surface area contributed by atoms with E-state index in [1.54, 1.807) is 0 Å². The van der Waals surface area contributed by atoms with E-state index < -0.39 is 0 Å². The zero-order chi connectivity index (χ0) is 21.6. The maximum atomic E-state index is 11.7. The van der Waals surface area contributed by atoms with Crippen LogP contribution in [0, 0.1) is 5.92 Å². The lowest BCUT2D eigenvalue weighted by molar-refractivity contribution is -0.122. The van der Waals surface area contributed by atoms with Gasteiger partial charge in [-0.05, 0) is 43.4 Å². The third-order valence-electron chi connectivity index (χ3n) is 6.16. The van der Waals surface area contributed by atoms with E-state index in [1.807, 2.05) is 12.3 Å². The van der Waals surface area contributed by atoms with Gasteiger partial charge in [-0.1, -0.05) is 30.3 Å². The zero-order valence-corrected chi connectivity index (χ0v) is 21.0. The molecule has 1 fully saturated rings. The van der Waals surface area contributed by atoms with Crippen molar-refractivity contribution in [2.45, 2.75) is 39.3 Å². The van der Waals surface area contributed by atoms with Gasteiger partial charge in [0.1, 0.15) is 5.82 Å². The Morgan fingerprint density at radius 2 is 2.03 bits per heavy atom. The number of fused-ring (bicyclic) bond motifs is 1. The minimum atomic E-state index is -0.222. The minimum absolute atomic E-state index is 0. The van der Waals surface area contributed by atoms with Crippen molar-refractivity contribution in [3.8, 4) is 0 Å². The molecule has 8 heteroatoms. The van der Waals surface area contributed by atoms with Crippen molar-refractivity contribution >= 4 is 41.7 Å². The minimum Gasteiger partial charge on any atom is -0.369 e. The van der Waals surface area contributed by atoms with Gasteiger partial charge >= 0.3 is 0 Å². The molecule has 32 heavy (non-hydrogen) atoms. The van der Waals surface area contributed by atoms with Crippen LogP contribution >= 0.6 is 24.0 Å². The summed E-state index contributed by atoms with van der Waals surface area (Å²) in [5.41, 5.74) is 9.44. The number of aliphatic imine (C=N–C) groups is 1. The summed E-state index contributed by atoms with van der Waals surface area (Å²) in [7, 11) is 0. The molecule has 1 amide bonds. The zero-order valence-electron chi connectivity index (χ0n) is 18.7. The molecule has 0 aliphatic carbocycles. The smallest absolute Gasteiger partial charge is 0.222 e. The van der Waals surface area contributed by atoms with Crippen molar-refractivity contribution in [3.63, 3.8) is 0 Å². The largest absolute Gasteiger partial charge is 0.369 e. The average molecular weight is 548 g/mol. The summed E-state index contributed by atoms with van der Waals surface area (Å²) in [6.07, 6.45) is 4.64. The van der Waals surface area contributed by atoms with Gasteiger partial charge in [-0.25, -0.2) is 9.98 Å². The molecule has 1 unspecified atom stereocenters. The molecule has 1 atom stereocenters. The summed E-state index contributed by atoms with van der Waals surface area (Å²) in [4.78, 5) is 25.8. The second kappa shape index (κ2) is 11.5. The van der Waals surface area contributed by atoms with E-state index in [2.05, 4.69) is 57.4 Å². The van der Waals surface area contributed by atoms with E-state index in [-0.39, 0.29) is 35.8 Å². The standard InChI is InChI=1S/C24H32N6O.HI/c1-2-26-24(30-14-11-18-7-3-4-8-20(18)16-30)28-15-19-9-5-12-27-23(19)29-13-6-10-21(17-29)22(25)31;/h3-5,7-9,12,21H,2,6,10-11,13-17H2,1H3,(H2,25,31)(H,26,28);1H. The third-order valence-corrected chi connectivity index (χ3v) is 6.16. The first-order chi connectivity index (χ1) is 15.2. The fourth-order valence-electron chi connectivity index (χ4n) is 4.50. The number of pyridine rings is 1. The number of hydrogen-bond acceptors (Lipinski definition) is 4. The molecule has 3 N–H and O–H groups in total. The van der Waals surface area contributed by atoms with Crippen molar-refractivity contribution < 1.29 is 4.79 Å². The number of benzene rings is 1. The Bertz CT molecular complexity index is 950.